The van der Waals surface area contributed by atoms with Gasteiger partial charge < -0.3 is 9.47 Å². The number of carbonyl (C=O) groups excluding carboxylic acids is 3. The van der Waals surface area contributed by atoms with Crippen LogP contribution in [0.1, 0.15) is 41.0 Å². The molecule has 3 atom stereocenters. The number of esters is 2. The van der Waals surface area contributed by atoms with E-state index >= 15 is 0 Å². The monoisotopic (exact) mass is 342 g/mol. The van der Waals surface area contributed by atoms with Crippen molar-refractivity contribution in [3.8, 4) is 0 Å². The maximum atomic E-state index is 12.5. The quantitative estimate of drug-likeness (QED) is 0.569. The zero-order valence-electron chi connectivity index (χ0n) is 15.1. The van der Waals surface area contributed by atoms with Gasteiger partial charge in [0.15, 0.2) is 5.78 Å². The number of carbonyl (C=O) groups is 3. The average Bonchev–Trinajstić information content (AvgIpc) is 2.83. The first kappa shape index (κ1) is 17.4. The molecule has 0 saturated heterocycles. The predicted octanol–water partition coefficient (Wildman–Crippen LogP) is 3.18. The molecular formula is C20H22O5. The summed E-state index contributed by atoms with van der Waals surface area (Å²) in [5, 5.41) is 0. The standard InChI is InChI=1S/C20H22O5/c1-6-10(2)18(22)25-17-16-12(4)19(23)24-15(16)9-13-8-14(21)7-11(3)20(13,17)5/h6,8-9,11,17H,7H2,1-5H3/b10-6-/t11-,17+,20+/m0/s1. The maximum absolute atomic E-state index is 12.5. The highest BCUT2D eigenvalue weighted by molar-refractivity contribution is 5.97. The summed E-state index contributed by atoms with van der Waals surface area (Å²) in [7, 11) is 0. The van der Waals surface area contributed by atoms with Crippen LogP contribution in [0.3, 0.4) is 0 Å². The Morgan fingerprint density at radius 3 is 2.68 bits per heavy atom. The van der Waals surface area contributed by atoms with Crippen LogP contribution in [0.5, 0.6) is 0 Å². The minimum absolute atomic E-state index is 0.0278. The van der Waals surface area contributed by atoms with Crippen molar-refractivity contribution in [1.29, 1.82) is 0 Å². The molecule has 0 radical (unpaired) electrons. The predicted molar refractivity (Wildman–Crippen MR) is 91.2 cm³/mol. The highest BCUT2D eigenvalue weighted by Gasteiger charge is 2.54. The van der Waals surface area contributed by atoms with E-state index in [1.165, 1.54) is 0 Å². The lowest BCUT2D eigenvalue weighted by Gasteiger charge is -2.47. The number of hydrogen-bond donors (Lipinski definition) is 0. The maximum Gasteiger partial charge on any atom is 0.339 e. The Hall–Kier alpha value is -2.43. The van der Waals surface area contributed by atoms with E-state index in [1.807, 2.05) is 13.8 Å². The molecule has 5 heteroatoms. The molecule has 1 heterocycles. The van der Waals surface area contributed by atoms with E-state index in [0.717, 1.165) is 5.57 Å². The number of ether oxygens (including phenoxy) is 2. The molecule has 0 aromatic heterocycles. The Balaban J connectivity index is 2.19. The molecule has 0 fully saturated rings. The van der Waals surface area contributed by atoms with Gasteiger partial charge in [0.1, 0.15) is 11.9 Å². The van der Waals surface area contributed by atoms with Crippen LogP contribution in [-0.4, -0.2) is 23.8 Å². The third-order valence-corrected chi connectivity index (χ3v) is 5.72. The van der Waals surface area contributed by atoms with Crippen molar-refractivity contribution in [1.82, 2.24) is 0 Å². The van der Waals surface area contributed by atoms with Crippen molar-refractivity contribution >= 4 is 17.7 Å². The molecule has 2 aliphatic carbocycles. The Morgan fingerprint density at radius 1 is 1.36 bits per heavy atom. The first-order valence-corrected chi connectivity index (χ1v) is 8.44. The Morgan fingerprint density at radius 2 is 2.04 bits per heavy atom. The highest BCUT2D eigenvalue weighted by atomic mass is 16.6. The summed E-state index contributed by atoms with van der Waals surface area (Å²) in [6, 6.07) is 0. The van der Waals surface area contributed by atoms with E-state index in [1.54, 1.807) is 39.0 Å². The van der Waals surface area contributed by atoms with Crippen LogP contribution < -0.4 is 0 Å². The van der Waals surface area contributed by atoms with Crippen molar-refractivity contribution in [2.24, 2.45) is 11.3 Å². The molecule has 25 heavy (non-hydrogen) atoms. The molecule has 0 amide bonds. The number of fused-ring (bicyclic) bond motifs is 2. The lowest BCUT2D eigenvalue weighted by molar-refractivity contribution is -0.149. The summed E-state index contributed by atoms with van der Waals surface area (Å²) in [5.74, 6) is -0.508. The van der Waals surface area contributed by atoms with Gasteiger partial charge in [-0.3, -0.25) is 4.79 Å². The molecular weight excluding hydrogens is 320 g/mol. The van der Waals surface area contributed by atoms with Crippen molar-refractivity contribution in [2.45, 2.75) is 47.1 Å². The summed E-state index contributed by atoms with van der Waals surface area (Å²) in [6.45, 7) is 9.09. The first-order chi connectivity index (χ1) is 11.7. The lowest BCUT2D eigenvalue weighted by atomic mass is 9.59. The molecule has 0 N–H and O–H groups in total. The van der Waals surface area contributed by atoms with Gasteiger partial charge in [-0.25, -0.2) is 9.59 Å². The van der Waals surface area contributed by atoms with E-state index < -0.39 is 23.5 Å². The van der Waals surface area contributed by atoms with Gasteiger partial charge in [0.2, 0.25) is 0 Å². The number of rotatable bonds is 2. The van der Waals surface area contributed by atoms with E-state index in [4.69, 9.17) is 9.47 Å². The van der Waals surface area contributed by atoms with Gasteiger partial charge in [-0.05, 0) is 44.4 Å². The summed E-state index contributed by atoms with van der Waals surface area (Å²) in [6.07, 6.45) is 4.71. The molecule has 132 valence electrons. The topological polar surface area (TPSA) is 69.7 Å². The van der Waals surface area contributed by atoms with E-state index in [2.05, 4.69) is 0 Å². The normalized spacial score (nSPS) is 31.8. The third kappa shape index (κ3) is 2.49. The smallest absolute Gasteiger partial charge is 0.339 e. The fourth-order valence-corrected chi connectivity index (χ4v) is 3.69. The van der Waals surface area contributed by atoms with Gasteiger partial charge in [-0.15, -0.1) is 0 Å². The molecule has 3 aliphatic rings. The van der Waals surface area contributed by atoms with Gasteiger partial charge in [0.25, 0.3) is 0 Å². The highest BCUT2D eigenvalue weighted by Crippen LogP contribution is 2.54. The number of ketones is 1. The van der Waals surface area contributed by atoms with Gasteiger partial charge in [-0.1, -0.05) is 19.9 Å². The van der Waals surface area contributed by atoms with E-state index in [-0.39, 0.29) is 11.7 Å². The Labute approximate surface area is 147 Å². The second-order valence-electron chi connectivity index (χ2n) is 7.15. The van der Waals surface area contributed by atoms with E-state index in [9.17, 15) is 14.4 Å². The van der Waals surface area contributed by atoms with Gasteiger partial charge in [-0.2, -0.15) is 0 Å². The SMILES string of the molecule is C/C=C(/C)C(=O)O[C@@H]1C2=C(C)C(=O)OC2=CC2=CC(=O)C[C@H](C)[C@]21C. The zero-order valence-corrected chi connectivity index (χ0v) is 15.1. The fourth-order valence-electron chi connectivity index (χ4n) is 3.69. The Kier molecular flexibility index (Phi) is 4.06. The van der Waals surface area contributed by atoms with Crippen molar-refractivity contribution in [2.75, 3.05) is 0 Å². The first-order valence-electron chi connectivity index (χ1n) is 8.44. The molecule has 1 aliphatic heterocycles. The van der Waals surface area contributed by atoms with Gasteiger partial charge in [0, 0.05) is 28.6 Å². The second-order valence-corrected chi connectivity index (χ2v) is 7.15. The molecule has 0 saturated carbocycles. The van der Waals surface area contributed by atoms with Crippen molar-refractivity contribution in [3.05, 3.63) is 46.3 Å². The van der Waals surface area contributed by atoms with Crippen LogP contribution in [0.25, 0.3) is 0 Å². The molecule has 0 aromatic carbocycles. The lowest BCUT2D eigenvalue weighted by Crippen LogP contribution is -2.48. The van der Waals surface area contributed by atoms with Crippen LogP contribution >= 0.6 is 0 Å². The minimum Gasteiger partial charge on any atom is -0.453 e. The number of allylic oxidation sites excluding steroid dienone is 3. The zero-order chi connectivity index (χ0) is 18.5. The van der Waals surface area contributed by atoms with Gasteiger partial charge in [0.05, 0.1) is 0 Å². The molecule has 0 bridgehead atoms. The van der Waals surface area contributed by atoms with Crippen LogP contribution in [0, 0.1) is 11.3 Å². The molecule has 0 spiro atoms. The second kappa shape index (κ2) is 5.83. The van der Waals surface area contributed by atoms with E-state index in [0.29, 0.717) is 28.9 Å². The average molecular weight is 342 g/mol. The molecule has 0 aromatic rings. The third-order valence-electron chi connectivity index (χ3n) is 5.72. The van der Waals surface area contributed by atoms with Crippen LogP contribution in [0.4, 0.5) is 0 Å². The van der Waals surface area contributed by atoms with Crippen molar-refractivity contribution < 1.29 is 23.9 Å². The summed E-state index contributed by atoms with van der Waals surface area (Å²) in [4.78, 5) is 36.6. The molecule has 3 rings (SSSR count). The Bertz CT molecular complexity index is 808. The van der Waals surface area contributed by atoms with Crippen LogP contribution in [-0.2, 0) is 23.9 Å². The van der Waals surface area contributed by atoms with Crippen LogP contribution in [0.15, 0.2) is 46.3 Å². The van der Waals surface area contributed by atoms with Gasteiger partial charge >= 0.3 is 11.9 Å². The fraction of sp³-hybridized carbons (Fsp3) is 0.450. The molecule has 5 nitrogen and oxygen atoms in total. The summed E-state index contributed by atoms with van der Waals surface area (Å²) < 4.78 is 11.2. The minimum atomic E-state index is -0.671. The van der Waals surface area contributed by atoms with Crippen molar-refractivity contribution in [3.63, 3.8) is 0 Å². The number of hydrogen-bond acceptors (Lipinski definition) is 5. The molecule has 0 unspecified atom stereocenters. The summed E-state index contributed by atoms with van der Waals surface area (Å²) in [5.41, 5.74) is 1.71. The van der Waals surface area contributed by atoms with Crippen LogP contribution in [0.2, 0.25) is 0 Å². The summed E-state index contributed by atoms with van der Waals surface area (Å²) >= 11 is 0. The largest absolute Gasteiger partial charge is 0.453 e.